The number of rotatable bonds is 6. The first-order valence-electron chi connectivity index (χ1n) is 8.14. The number of carbonyl (C=O) groups is 2. The Bertz CT molecular complexity index is 559. The van der Waals surface area contributed by atoms with Crippen molar-refractivity contribution in [1.29, 1.82) is 0 Å². The van der Waals surface area contributed by atoms with E-state index >= 15 is 0 Å². The summed E-state index contributed by atoms with van der Waals surface area (Å²) in [6, 6.07) is 2.93. The van der Waals surface area contributed by atoms with Crippen LogP contribution in [0.4, 0.5) is 0 Å². The number of furan rings is 1. The van der Waals surface area contributed by atoms with Crippen molar-refractivity contribution in [3.63, 3.8) is 0 Å². The molecule has 1 aromatic heterocycles. The third-order valence-corrected chi connectivity index (χ3v) is 4.39. The van der Waals surface area contributed by atoms with Crippen molar-refractivity contribution < 1.29 is 19.1 Å². The normalized spacial score (nSPS) is 19.1. The highest BCUT2D eigenvalue weighted by molar-refractivity contribution is 5.87. The molecule has 0 spiro atoms. The lowest BCUT2D eigenvalue weighted by Gasteiger charge is -2.26. The second kappa shape index (κ2) is 7.17. The fourth-order valence-electron chi connectivity index (χ4n) is 3.09. The molecule has 23 heavy (non-hydrogen) atoms. The Morgan fingerprint density at radius 3 is 2.57 bits per heavy atom. The second-order valence-electron chi connectivity index (χ2n) is 6.62. The van der Waals surface area contributed by atoms with Crippen LogP contribution in [0.25, 0.3) is 0 Å². The predicted molar refractivity (Wildman–Crippen MR) is 85.6 cm³/mol. The molecule has 0 bridgehead atoms. The van der Waals surface area contributed by atoms with Crippen molar-refractivity contribution in [2.45, 2.75) is 58.1 Å². The monoisotopic (exact) mass is 322 g/mol. The number of carbonyl (C=O) groups excluding carboxylic acids is 2. The summed E-state index contributed by atoms with van der Waals surface area (Å²) >= 11 is 0. The molecule has 128 valence electrons. The average Bonchev–Trinajstić information content (AvgIpc) is 3.13. The van der Waals surface area contributed by atoms with Gasteiger partial charge in [-0.3, -0.25) is 9.59 Å². The topological polar surface area (TPSA) is 91.6 Å². The van der Waals surface area contributed by atoms with Gasteiger partial charge in [-0.15, -0.1) is 0 Å². The maximum atomic E-state index is 12.5. The van der Waals surface area contributed by atoms with E-state index in [4.69, 9.17) is 4.42 Å². The van der Waals surface area contributed by atoms with Gasteiger partial charge in [0.15, 0.2) is 0 Å². The molecule has 2 atom stereocenters. The molecular weight excluding hydrogens is 296 g/mol. The largest absolute Gasteiger partial charge is 0.463 e. The van der Waals surface area contributed by atoms with E-state index in [-0.39, 0.29) is 24.3 Å². The summed E-state index contributed by atoms with van der Waals surface area (Å²) in [5.41, 5.74) is -1.29. The van der Waals surface area contributed by atoms with Gasteiger partial charge in [-0.1, -0.05) is 12.8 Å². The summed E-state index contributed by atoms with van der Waals surface area (Å²) in [7, 11) is 0. The molecule has 1 aliphatic rings. The molecule has 1 heterocycles. The lowest BCUT2D eigenvalue weighted by atomic mass is 9.96. The number of nitrogens with one attached hydrogen (secondary N) is 2. The highest BCUT2D eigenvalue weighted by atomic mass is 16.4. The van der Waals surface area contributed by atoms with E-state index in [1.54, 1.807) is 26.0 Å². The third-order valence-electron chi connectivity index (χ3n) is 4.39. The Morgan fingerprint density at radius 1 is 1.39 bits per heavy atom. The molecule has 2 rings (SSSR count). The van der Waals surface area contributed by atoms with Crippen molar-refractivity contribution in [3.8, 4) is 0 Å². The molecule has 1 aromatic rings. The SMILES string of the molecule is CC(=O)NC(C(=O)NCC(C)(O)c1ccc(C)o1)C1CCCC1. The van der Waals surface area contributed by atoms with Crippen LogP contribution in [0.2, 0.25) is 0 Å². The molecule has 0 aromatic carbocycles. The van der Waals surface area contributed by atoms with Crippen LogP contribution in [0.1, 0.15) is 51.1 Å². The van der Waals surface area contributed by atoms with E-state index < -0.39 is 11.6 Å². The first kappa shape index (κ1) is 17.5. The van der Waals surface area contributed by atoms with Gasteiger partial charge in [0.2, 0.25) is 11.8 Å². The highest BCUT2D eigenvalue weighted by Crippen LogP contribution is 2.28. The van der Waals surface area contributed by atoms with Crippen LogP contribution in [0.3, 0.4) is 0 Å². The van der Waals surface area contributed by atoms with Crippen LogP contribution in [-0.2, 0) is 15.2 Å². The molecular formula is C17H26N2O4. The van der Waals surface area contributed by atoms with E-state index in [0.29, 0.717) is 11.5 Å². The summed E-state index contributed by atoms with van der Waals surface area (Å²) < 4.78 is 5.43. The Hall–Kier alpha value is -1.82. The van der Waals surface area contributed by atoms with E-state index in [0.717, 1.165) is 25.7 Å². The molecule has 3 N–H and O–H groups in total. The van der Waals surface area contributed by atoms with Gasteiger partial charge in [0, 0.05) is 6.92 Å². The minimum absolute atomic E-state index is 0.0294. The minimum atomic E-state index is -1.29. The minimum Gasteiger partial charge on any atom is -0.463 e. The third kappa shape index (κ3) is 4.58. The summed E-state index contributed by atoms with van der Waals surface area (Å²) in [4.78, 5) is 23.9. The van der Waals surface area contributed by atoms with Gasteiger partial charge >= 0.3 is 0 Å². The van der Waals surface area contributed by atoms with Crippen LogP contribution in [0.5, 0.6) is 0 Å². The van der Waals surface area contributed by atoms with Crippen molar-refractivity contribution in [3.05, 3.63) is 23.7 Å². The van der Waals surface area contributed by atoms with Gasteiger partial charge in [-0.05, 0) is 44.7 Å². The van der Waals surface area contributed by atoms with Gasteiger partial charge in [0.1, 0.15) is 23.2 Å². The maximum absolute atomic E-state index is 12.5. The number of hydrogen-bond acceptors (Lipinski definition) is 4. The highest BCUT2D eigenvalue weighted by Gasteiger charge is 2.33. The van der Waals surface area contributed by atoms with Crippen LogP contribution >= 0.6 is 0 Å². The smallest absolute Gasteiger partial charge is 0.242 e. The van der Waals surface area contributed by atoms with Crippen molar-refractivity contribution in [1.82, 2.24) is 10.6 Å². The summed E-state index contributed by atoms with van der Waals surface area (Å²) in [5.74, 6) is 0.803. The number of aliphatic hydroxyl groups is 1. The zero-order valence-corrected chi connectivity index (χ0v) is 14.0. The molecule has 0 radical (unpaired) electrons. The van der Waals surface area contributed by atoms with Gasteiger partial charge in [-0.2, -0.15) is 0 Å². The molecule has 0 aliphatic heterocycles. The molecule has 1 fully saturated rings. The Morgan fingerprint density at radius 2 is 2.04 bits per heavy atom. The molecule has 6 heteroatoms. The van der Waals surface area contributed by atoms with Crippen LogP contribution in [0, 0.1) is 12.8 Å². The Kier molecular flexibility index (Phi) is 5.46. The number of aryl methyl sites for hydroxylation is 1. The molecule has 1 saturated carbocycles. The average molecular weight is 322 g/mol. The zero-order valence-electron chi connectivity index (χ0n) is 14.0. The Balaban J connectivity index is 1.98. The van der Waals surface area contributed by atoms with E-state index in [1.165, 1.54) is 6.92 Å². The standard InChI is InChI=1S/C17H26N2O4/c1-11-8-9-14(23-11)17(3,22)10-18-16(21)15(19-12(2)20)13-6-4-5-7-13/h8-9,13,15,22H,4-7,10H2,1-3H3,(H,18,21)(H,19,20). The van der Waals surface area contributed by atoms with Crippen LogP contribution < -0.4 is 10.6 Å². The molecule has 1 aliphatic carbocycles. The van der Waals surface area contributed by atoms with Gasteiger partial charge in [0.05, 0.1) is 6.54 Å². The van der Waals surface area contributed by atoms with Crippen LogP contribution in [0.15, 0.2) is 16.5 Å². The molecule has 2 amide bonds. The first-order valence-corrected chi connectivity index (χ1v) is 8.14. The van der Waals surface area contributed by atoms with Crippen molar-refractivity contribution in [2.75, 3.05) is 6.54 Å². The van der Waals surface area contributed by atoms with Crippen molar-refractivity contribution >= 4 is 11.8 Å². The van der Waals surface area contributed by atoms with E-state index in [2.05, 4.69) is 10.6 Å². The summed E-state index contributed by atoms with van der Waals surface area (Å²) in [6.45, 7) is 4.83. The Labute approximate surface area is 136 Å². The van der Waals surface area contributed by atoms with E-state index in [9.17, 15) is 14.7 Å². The lowest BCUT2D eigenvalue weighted by Crippen LogP contribution is -2.52. The number of amides is 2. The van der Waals surface area contributed by atoms with Gasteiger partial charge in [-0.25, -0.2) is 0 Å². The first-order chi connectivity index (χ1) is 10.8. The summed E-state index contributed by atoms with van der Waals surface area (Å²) in [6.07, 6.45) is 4.03. The number of hydrogen-bond donors (Lipinski definition) is 3. The second-order valence-corrected chi connectivity index (χ2v) is 6.62. The summed E-state index contributed by atoms with van der Waals surface area (Å²) in [5, 5.41) is 16.0. The molecule has 0 saturated heterocycles. The van der Waals surface area contributed by atoms with Crippen molar-refractivity contribution in [2.24, 2.45) is 5.92 Å². The lowest BCUT2D eigenvalue weighted by molar-refractivity contribution is -0.130. The molecule has 6 nitrogen and oxygen atoms in total. The quantitative estimate of drug-likeness (QED) is 0.742. The molecule has 2 unspecified atom stereocenters. The van der Waals surface area contributed by atoms with Gasteiger partial charge < -0.3 is 20.2 Å². The maximum Gasteiger partial charge on any atom is 0.242 e. The zero-order chi connectivity index (χ0) is 17.0. The van der Waals surface area contributed by atoms with Crippen LogP contribution in [-0.4, -0.2) is 29.5 Å². The fourth-order valence-corrected chi connectivity index (χ4v) is 3.09. The predicted octanol–water partition coefficient (Wildman–Crippen LogP) is 1.61. The fraction of sp³-hybridized carbons (Fsp3) is 0.647. The van der Waals surface area contributed by atoms with E-state index in [1.807, 2.05) is 0 Å². The van der Waals surface area contributed by atoms with Gasteiger partial charge in [0.25, 0.3) is 0 Å².